The molecule has 4 atom stereocenters. The largest absolute Gasteiger partial charge is 0.274 e. The molecule has 154 valence electrons. The number of benzene rings is 2. The lowest BCUT2D eigenvalue weighted by atomic mass is 9.81. The number of hydrazine groups is 1. The van der Waals surface area contributed by atoms with Gasteiger partial charge in [-0.05, 0) is 54.9 Å². The SMILES string of the molecule is O=C(c1ccccc1Cl)N(Cc1ccccc1Cl)N1C(=O)[C@@H]2[C@H]3CC[C@@H](C3)[C@@H]2C1=O. The summed E-state index contributed by atoms with van der Waals surface area (Å²) in [4.78, 5) is 40.2. The molecule has 0 unspecified atom stereocenters. The zero-order chi connectivity index (χ0) is 21.0. The number of hydrogen-bond donors (Lipinski definition) is 0. The second kappa shape index (κ2) is 7.40. The first-order chi connectivity index (χ1) is 14.5. The number of carbonyl (C=O) groups excluding carboxylic acids is 3. The van der Waals surface area contributed by atoms with E-state index in [4.69, 9.17) is 23.2 Å². The predicted octanol–water partition coefficient (Wildman–Crippen LogP) is 4.58. The van der Waals surface area contributed by atoms with Gasteiger partial charge >= 0.3 is 0 Å². The maximum absolute atomic E-state index is 13.5. The van der Waals surface area contributed by atoms with Crippen LogP contribution in [0.3, 0.4) is 0 Å². The van der Waals surface area contributed by atoms with Crippen LogP contribution in [-0.4, -0.2) is 27.7 Å². The molecule has 1 saturated heterocycles. The van der Waals surface area contributed by atoms with Gasteiger partial charge in [-0.15, -0.1) is 0 Å². The van der Waals surface area contributed by atoms with Gasteiger partial charge in [-0.3, -0.25) is 14.4 Å². The highest BCUT2D eigenvalue weighted by atomic mass is 35.5. The molecule has 3 aliphatic rings. The molecule has 1 heterocycles. The Kier molecular flexibility index (Phi) is 4.83. The summed E-state index contributed by atoms with van der Waals surface area (Å²) in [6.07, 6.45) is 2.88. The zero-order valence-corrected chi connectivity index (χ0v) is 17.6. The quantitative estimate of drug-likeness (QED) is 0.650. The van der Waals surface area contributed by atoms with E-state index in [0.717, 1.165) is 24.3 Å². The molecule has 2 aromatic rings. The van der Waals surface area contributed by atoms with Crippen molar-refractivity contribution in [3.8, 4) is 0 Å². The molecule has 2 bridgehead atoms. The average Bonchev–Trinajstić information content (AvgIpc) is 3.42. The van der Waals surface area contributed by atoms with Crippen molar-refractivity contribution in [1.29, 1.82) is 0 Å². The molecule has 0 aromatic heterocycles. The molecule has 2 aromatic carbocycles. The lowest BCUT2D eigenvalue weighted by Gasteiger charge is -2.31. The molecule has 3 amide bonds. The van der Waals surface area contributed by atoms with Gasteiger partial charge in [0, 0.05) is 5.02 Å². The second-order valence-corrected chi connectivity index (χ2v) is 9.12. The number of hydrogen-bond acceptors (Lipinski definition) is 3. The van der Waals surface area contributed by atoms with E-state index in [1.54, 1.807) is 42.5 Å². The van der Waals surface area contributed by atoms with Crippen LogP contribution in [-0.2, 0) is 16.1 Å². The molecule has 0 radical (unpaired) electrons. The first kappa shape index (κ1) is 19.6. The van der Waals surface area contributed by atoms with Crippen LogP contribution in [0.1, 0.15) is 35.2 Å². The molecule has 5 rings (SSSR count). The maximum atomic E-state index is 13.5. The minimum Gasteiger partial charge on any atom is -0.272 e. The fourth-order valence-corrected chi connectivity index (χ4v) is 5.84. The number of imide groups is 1. The van der Waals surface area contributed by atoms with E-state index in [1.807, 2.05) is 6.07 Å². The number of halogens is 2. The van der Waals surface area contributed by atoms with Gasteiger partial charge in [0.1, 0.15) is 0 Å². The van der Waals surface area contributed by atoms with Crippen LogP contribution in [0, 0.1) is 23.7 Å². The lowest BCUT2D eigenvalue weighted by molar-refractivity contribution is -0.156. The molecule has 7 heteroatoms. The Labute approximate surface area is 184 Å². The predicted molar refractivity (Wildman–Crippen MR) is 112 cm³/mol. The van der Waals surface area contributed by atoms with Crippen LogP contribution < -0.4 is 0 Å². The van der Waals surface area contributed by atoms with E-state index >= 15 is 0 Å². The van der Waals surface area contributed by atoms with Crippen molar-refractivity contribution in [2.75, 3.05) is 0 Å². The Bertz CT molecular complexity index is 1030. The third kappa shape index (κ3) is 2.95. The summed E-state index contributed by atoms with van der Waals surface area (Å²) in [7, 11) is 0. The summed E-state index contributed by atoms with van der Waals surface area (Å²) >= 11 is 12.6. The fourth-order valence-electron chi connectivity index (χ4n) is 5.43. The first-order valence-corrected chi connectivity index (χ1v) is 10.9. The number of nitrogens with zero attached hydrogens (tertiary/aromatic N) is 2. The highest BCUT2D eigenvalue weighted by Gasteiger charge is 2.62. The summed E-state index contributed by atoms with van der Waals surface area (Å²) in [6.45, 7) is 0.00990. The van der Waals surface area contributed by atoms with Gasteiger partial charge in [-0.1, -0.05) is 53.5 Å². The van der Waals surface area contributed by atoms with Gasteiger partial charge in [0.05, 0.1) is 29.0 Å². The standard InChI is InChI=1S/C23H20Cl2N2O3/c24-17-7-3-1-5-15(17)12-26(21(28)16-6-2-4-8-18(16)25)27-22(29)19-13-9-10-14(11-13)20(19)23(27)30/h1-8,13-14,19-20H,9-12H2/t13-,14-,19-,20+/m0/s1. The molecule has 1 aliphatic heterocycles. The second-order valence-electron chi connectivity index (χ2n) is 8.31. The average molecular weight is 443 g/mol. The summed E-state index contributed by atoms with van der Waals surface area (Å²) in [5.41, 5.74) is 0.895. The van der Waals surface area contributed by atoms with Crippen molar-refractivity contribution in [2.45, 2.75) is 25.8 Å². The maximum Gasteiger partial charge on any atom is 0.274 e. The number of amides is 3. The third-order valence-corrected chi connectivity index (χ3v) is 7.46. The Balaban J connectivity index is 1.55. The van der Waals surface area contributed by atoms with Crippen LogP contribution in [0.2, 0.25) is 10.0 Å². The van der Waals surface area contributed by atoms with Gasteiger partial charge in [-0.2, -0.15) is 5.01 Å². The summed E-state index contributed by atoms with van der Waals surface area (Å²) in [6, 6.07) is 13.7. The molecule has 30 heavy (non-hydrogen) atoms. The Hall–Kier alpha value is -2.37. The van der Waals surface area contributed by atoms with Crippen LogP contribution in [0.25, 0.3) is 0 Å². The van der Waals surface area contributed by atoms with Crippen molar-refractivity contribution >= 4 is 40.9 Å². The van der Waals surface area contributed by atoms with E-state index in [9.17, 15) is 14.4 Å². The van der Waals surface area contributed by atoms with Crippen molar-refractivity contribution in [2.24, 2.45) is 23.7 Å². The van der Waals surface area contributed by atoms with Gasteiger partial charge < -0.3 is 0 Å². The van der Waals surface area contributed by atoms with Crippen LogP contribution in [0.4, 0.5) is 0 Å². The summed E-state index contributed by atoms with van der Waals surface area (Å²) in [5, 5.41) is 3.04. The smallest absolute Gasteiger partial charge is 0.272 e. The van der Waals surface area contributed by atoms with Gasteiger partial charge in [0.15, 0.2) is 0 Å². The number of rotatable bonds is 4. The highest BCUT2D eigenvalue weighted by Crippen LogP contribution is 2.56. The summed E-state index contributed by atoms with van der Waals surface area (Å²) in [5.74, 6) is -1.20. The number of carbonyl (C=O) groups is 3. The van der Waals surface area contributed by atoms with E-state index in [1.165, 1.54) is 5.01 Å². The molecule has 0 spiro atoms. The van der Waals surface area contributed by atoms with E-state index in [-0.39, 0.29) is 52.6 Å². The Morgan fingerprint density at radius 3 is 2.07 bits per heavy atom. The van der Waals surface area contributed by atoms with Crippen molar-refractivity contribution in [3.63, 3.8) is 0 Å². The van der Waals surface area contributed by atoms with Gasteiger partial charge in [0.2, 0.25) is 0 Å². The normalized spacial score (nSPS) is 26.9. The lowest BCUT2D eigenvalue weighted by Crippen LogP contribution is -2.50. The third-order valence-electron chi connectivity index (χ3n) is 6.76. The first-order valence-electron chi connectivity index (χ1n) is 10.1. The summed E-state index contributed by atoms with van der Waals surface area (Å²) < 4.78 is 0. The topological polar surface area (TPSA) is 57.7 Å². The zero-order valence-electron chi connectivity index (χ0n) is 16.1. The van der Waals surface area contributed by atoms with E-state index < -0.39 is 5.91 Å². The van der Waals surface area contributed by atoms with E-state index in [2.05, 4.69) is 0 Å². The minimum atomic E-state index is -0.491. The molecular formula is C23H20Cl2N2O3. The molecule has 2 saturated carbocycles. The van der Waals surface area contributed by atoms with Crippen LogP contribution in [0.15, 0.2) is 48.5 Å². The van der Waals surface area contributed by atoms with Crippen molar-refractivity contribution in [3.05, 3.63) is 69.7 Å². The molecule has 3 fully saturated rings. The Morgan fingerprint density at radius 1 is 0.900 bits per heavy atom. The molecule has 5 nitrogen and oxygen atoms in total. The molecule has 0 N–H and O–H groups in total. The van der Waals surface area contributed by atoms with E-state index in [0.29, 0.717) is 10.6 Å². The van der Waals surface area contributed by atoms with Crippen LogP contribution in [0.5, 0.6) is 0 Å². The highest BCUT2D eigenvalue weighted by molar-refractivity contribution is 6.34. The molecular weight excluding hydrogens is 423 g/mol. The monoisotopic (exact) mass is 442 g/mol. The Morgan fingerprint density at radius 2 is 1.47 bits per heavy atom. The van der Waals surface area contributed by atoms with Crippen molar-refractivity contribution in [1.82, 2.24) is 10.0 Å². The van der Waals surface area contributed by atoms with Gasteiger partial charge in [0.25, 0.3) is 17.7 Å². The van der Waals surface area contributed by atoms with Crippen molar-refractivity contribution < 1.29 is 14.4 Å². The number of fused-ring (bicyclic) bond motifs is 5. The van der Waals surface area contributed by atoms with Crippen LogP contribution >= 0.6 is 23.2 Å². The van der Waals surface area contributed by atoms with Gasteiger partial charge in [-0.25, -0.2) is 5.01 Å². The minimum absolute atomic E-state index is 0.00990. The molecule has 2 aliphatic carbocycles. The fraction of sp³-hybridized carbons (Fsp3) is 0.348.